The van der Waals surface area contributed by atoms with Crippen LogP contribution in [-0.2, 0) is 4.74 Å². The van der Waals surface area contributed by atoms with E-state index in [-0.39, 0.29) is 11.3 Å². The second-order valence-electron chi connectivity index (χ2n) is 5.66. The average molecular weight is 288 g/mol. The van der Waals surface area contributed by atoms with Crippen molar-refractivity contribution in [2.24, 2.45) is 21.3 Å². The maximum absolute atomic E-state index is 5.22. The molecule has 0 bridgehead atoms. The van der Waals surface area contributed by atoms with Crippen LogP contribution in [0.4, 0.5) is 0 Å². The van der Waals surface area contributed by atoms with Gasteiger partial charge in [-0.15, -0.1) is 0 Å². The number of ether oxygens (including phenoxy) is 1. The lowest BCUT2D eigenvalue weighted by Gasteiger charge is -2.21. The molecule has 0 fully saturated rings. The molecule has 0 spiro atoms. The minimum Gasteiger partial charge on any atom is -0.504 e. The summed E-state index contributed by atoms with van der Waals surface area (Å²) in [6, 6.07) is 0. The molecule has 0 aliphatic heterocycles. The number of methoxy groups -OCH3 is 1. The molecule has 0 aromatic rings. The predicted octanol–water partition coefficient (Wildman–Crippen LogP) is 4.60. The van der Waals surface area contributed by atoms with Crippen molar-refractivity contribution < 1.29 is 4.74 Å². The van der Waals surface area contributed by atoms with Gasteiger partial charge in [-0.25, -0.2) is 0 Å². The maximum Gasteiger partial charge on any atom is 0.0862 e. The quantitative estimate of drug-likeness (QED) is 0.383. The Labute approximate surface area is 129 Å². The van der Waals surface area contributed by atoms with Crippen LogP contribution in [0.15, 0.2) is 57.9 Å². The van der Waals surface area contributed by atoms with Crippen molar-refractivity contribution in [3.63, 3.8) is 0 Å². The van der Waals surface area contributed by atoms with Crippen LogP contribution >= 0.6 is 0 Å². The van der Waals surface area contributed by atoms with Crippen molar-refractivity contribution in [1.82, 2.24) is 0 Å². The highest BCUT2D eigenvalue weighted by molar-refractivity contribution is 5.69. The molecular formula is C18H28N2O. The van der Waals surface area contributed by atoms with Gasteiger partial charge in [-0.05, 0) is 30.2 Å². The molecule has 0 saturated heterocycles. The van der Waals surface area contributed by atoms with Crippen molar-refractivity contribution in [1.29, 1.82) is 0 Å². The lowest BCUT2D eigenvalue weighted by atomic mass is 9.84. The summed E-state index contributed by atoms with van der Waals surface area (Å²) < 4.78 is 5.22. The van der Waals surface area contributed by atoms with Gasteiger partial charge in [0.25, 0.3) is 0 Å². The van der Waals surface area contributed by atoms with Gasteiger partial charge < -0.3 is 4.74 Å². The summed E-state index contributed by atoms with van der Waals surface area (Å²) in [6.45, 7) is 12.0. The van der Waals surface area contributed by atoms with Crippen LogP contribution in [0.1, 0.15) is 27.7 Å². The third-order valence-electron chi connectivity index (χ3n) is 2.89. The Balaban J connectivity index is 5.82. The molecule has 3 nitrogen and oxygen atoms in total. The molecular weight excluding hydrogens is 260 g/mol. The Morgan fingerprint density at radius 1 is 1.29 bits per heavy atom. The summed E-state index contributed by atoms with van der Waals surface area (Å²) in [5.41, 5.74) is 2.24. The summed E-state index contributed by atoms with van der Waals surface area (Å²) in [6.07, 6.45) is 13.6. The molecule has 0 aromatic heterocycles. The zero-order valence-corrected chi connectivity index (χ0v) is 14.1. The Morgan fingerprint density at radius 3 is 2.38 bits per heavy atom. The molecule has 0 radical (unpaired) electrons. The number of rotatable bonds is 7. The summed E-state index contributed by atoms with van der Waals surface area (Å²) in [7, 11) is 3.44. The fourth-order valence-corrected chi connectivity index (χ4v) is 1.74. The van der Waals surface area contributed by atoms with Gasteiger partial charge in [-0.2, -0.15) is 0 Å². The third-order valence-corrected chi connectivity index (χ3v) is 2.89. The molecule has 3 heteroatoms. The van der Waals surface area contributed by atoms with E-state index in [9.17, 15) is 0 Å². The standard InChI is InChI=1S/C18H28N2O/c1-8-9-15(16(13-20-6)10-11-19-5)12-17(14-21-7)18(2,3)4/h8-14,16H,5H2,1-4,6-7H3/b9-8-,11-10?,15-12+,17-14-,20-13?. The van der Waals surface area contributed by atoms with E-state index in [1.54, 1.807) is 26.6 Å². The molecule has 0 aromatic carbocycles. The average Bonchev–Trinajstić information content (AvgIpc) is 2.41. The van der Waals surface area contributed by atoms with E-state index in [2.05, 4.69) is 49.6 Å². The molecule has 0 saturated carbocycles. The first-order valence-corrected chi connectivity index (χ1v) is 7.03. The zero-order chi connectivity index (χ0) is 16.3. The Morgan fingerprint density at radius 2 is 1.95 bits per heavy atom. The normalized spacial score (nSPS) is 16.1. The van der Waals surface area contributed by atoms with Crippen LogP contribution in [0.3, 0.4) is 0 Å². The van der Waals surface area contributed by atoms with Gasteiger partial charge in [0.15, 0.2) is 0 Å². The van der Waals surface area contributed by atoms with Gasteiger partial charge in [-0.1, -0.05) is 45.1 Å². The van der Waals surface area contributed by atoms with Crippen molar-refractivity contribution in [3.8, 4) is 0 Å². The van der Waals surface area contributed by atoms with Crippen molar-refractivity contribution >= 4 is 12.9 Å². The largest absolute Gasteiger partial charge is 0.504 e. The molecule has 116 valence electrons. The van der Waals surface area contributed by atoms with Gasteiger partial charge in [0.2, 0.25) is 0 Å². The fourth-order valence-electron chi connectivity index (χ4n) is 1.74. The first-order valence-electron chi connectivity index (χ1n) is 7.03. The second-order valence-corrected chi connectivity index (χ2v) is 5.66. The minimum atomic E-state index is -0.00283. The van der Waals surface area contributed by atoms with Crippen LogP contribution in [0.5, 0.6) is 0 Å². The molecule has 1 atom stereocenters. The van der Waals surface area contributed by atoms with E-state index in [1.165, 1.54) is 0 Å². The summed E-state index contributed by atoms with van der Waals surface area (Å²) in [5.74, 6) is 0.0549. The molecule has 0 aliphatic carbocycles. The van der Waals surface area contributed by atoms with Crippen molar-refractivity contribution in [3.05, 3.63) is 47.9 Å². The number of allylic oxidation sites excluding steroid dienone is 6. The molecule has 0 N–H and O–H groups in total. The molecule has 1 unspecified atom stereocenters. The number of hydrogen-bond donors (Lipinski definition) is 0. The Bertz CT molecular complexity index is 460. The molecule has 0 aliphatic rings. The van der Waals surface area contributed by atoms with Crippen LogP contribution in [0.25, 0.3) is 0 Å². The minimum absolute atomic E-state index is 0.00283. The highest BCUT2D eigenvalue weighted by Crippen LogP contribution is 2.29. The van der Waals surface area contributed by atoms with E-state index >= 15 is 0 Å². The highest BCUT2D eigenvalue weighted by atomic mass is 16.5. The molecule has 21 heavy (non-hydrogen) atoms. The lowest BCUT2D eigenvalue weighted by molar-refractivity contribution is 0.324. The fraction of sp³-hybridized carbons (Fsp3) is 0.444. The summed E-state index contributed by atoms with van der Waals surface area (Å²) >= 11 is 0. The van der Waals surface area contributed by atoms with Crippen molar-refractivity contribution in [2.75, 3.05) is 14.2 Å². The van der Waals surface area contributed by atoms with Gasteiger partial charge >= 0.3 is 0 Å². The first-order chi connectivity index (χ1) is 9.90. The van der Waals surface area contributed by atoms with Crippen LogP contribution in [-0.4, -0.2) is 27.1 Å². The van der Waals surface area contributed by atoms with E-state index in [1.807, 2.05) is 25.3 Å². The van der Waals surface area contributed by atoms with Gasteiger partial charge in [0.05, 0.1) is 13.4 Å². The summed E-state index contributed by atoms with van der Waals surface area (Å²) in [4.78, 5) is 7.93. The van der Waals surface area contributed by atoms with E-state index in [0.29, 0.717) is 0 Å². The first kappa shape index (κ1) is 19.1. The number of hydrogen-bond acceptors (Lipinski definition) is 3. The molecule has 0 amide bonds. The summed E-state index contributed by atoms with van der Waals surface area (Å²) in [5, 5.41) is 0. The van der Waals surface area contributed by atoms with Crippen LogP contribution in [0, 0.1) is 11.3 Å². The lowest BCUT2D eigenvalue weighted by Crippen LogP contribution is -2.10. The molecule has 0 rings (SSSR count). The Kier molecular flexibility index (Phi) is 9.02. The van der Waals surface area contributed by atoms with Crippen LogP contribution < -0.4 is 0 Å². The molecule has 0 heterocycles. The van der Waals surface area contributed by atoms with Gasteiger partial charge in [0, 0.05) is 25.4 Å². The predicted molar refractivity (Wildman–Crippen MR) is 94.0 cm³/mol. The topological polar surface area (TPSA) is 34.0 Å². The van der Waals surface area contributed by atoms with Crippen LogP contribution in [0.2, 0.25) is 0 Å². The van der Waals surface area contributed by atoms with Gasteiger partial charge in [0.1, 0.15) is 0 Å². The Hall–Kier alpha value is -1.90. The number of aliphatic imine (C=N–C) groups is 2. The zero-order valence-electron chi connectivity index (χ0n) is 14.1. The van der Waals surface area contributed by atoms with E-state index in [0.717, 1.165) is 11.1 Å². The van der Waals surface area contributed by atoms with Crippen molar-refractivity contribution in [2.45, 2.75) is 27.7 Å². The van der Waals surface area contributed by atoms with Gasteiger partial charge in [-0.3, -0.25) is 9.98 Å². The SMILES string of the molecule is C=NC=CC(C=NC)C(/C=C\C)=C/C(=C/OC)C(C)(C)C. The van der Waals surface area contributed by atoms with E-state index < -0.39 is 0 Å². The third kappa shape index (κ3) is 7.45. The smallest absolute Gasteiger partial charge is 0.0862 e. The monoisotopic (exact) mass is 288 g/mol. The number of nitrogens with zero attached hydrogens (tertiary/aromatic N) is 2. The highest BCUT2D eigenvalue weighted by Gasteiger charge is 2.17. The maximum atomic E-state index is 5.22. The van der Waals surface area contributed by atoms with E-state index in [4.69, 9.17) is 4.74 Å². The second kappa shape index (κ2) is 9.92.